The maximum atomic E-state index is 11.6. The quantitative estimate of drug-likeness (QED) is 0.294. The molecule has 4 N–H and O–H groups in total. The third-order valence-electron chi connectivity index (χ3n) is 3.44. The van der Waals surface area contributed by atoms with Gasteiger partial charge in [-0.3, -0.25) is 9.79 Å². The Morgan fingerprint density at radius 3 is 2.45 bits per heavy atom. The van der Waals surface area contributed by atoms with E-state index in [2.05, 4.69) is 20.9 Å². The van der Waals surface area contributed by atoms with Crippen molar-refractivity contribution in [2.75, 3.05) is 13.1 Å². The molecule has 1 saturated carbocycles. The molecule has 1 rings (SSSR count). The topological polar surface area (TPSA) is 85.8 Å². The summed E-state index contributed by atoms with van der Waals surface area (Å²) in [6.45, 7) is 7.18. The molecule has 0 bridgehead atoms. The molecular weight excluding hydrogens is 395 g/mol. The fraction of sp³-hybridized carbons (Fsp3) is 0.867. The molecule has 22 heavy (non-hydrogen) atoms. The molecular formula is C15H31IN4O2. The Hall–Kier alpha value is -0.570. The molecule has 1 fully saturated rings. The van der Waals surface area contributed by atoms with Gasteiger partial charge in [-0.2, -0.15) is 0 Å². The van der Waals surface area contributed by atoms with Crippen molar-refractivity contribution >= 4 is 35.8 Å². The minimum atomic E-state index is -0.151. The lowest BCUT2D eigenvalue weighted by Crippen LogP contribution is -2.45. The highest BCUT2D eigenvalue weighted by atomic mass is 127. The standard InChI is InChI=1S/C15H30N4O2.HI/c1-4-16-15(17-10-9-14(21)18-11(2)3)19-12-5-7-13(20)8-6-12;/h11-13,20H,4-10H2,1-3H3,(H,18,21)(H2,16,17,19);1H. The molecule has 0 aromatic carbocycles. The Labute approximate surface area is 150 Å². The van der Waals surface area contributed by atoms with Crippen LogP contribution in [0.15, 0.2) is 4.99 Å². The zero-order valence-corrected chi connectivity index (χ0v) is 16.2. The van der Waals surface area contributed by atoms with Crippen molar-refractivity contribution in [2.24, 2.45) is 4.99 Å². The molecule has 1 aliphatic carbocycles. The van der Waals surface area contributed by atoms with Crippen LogP contribution in [0.25, 0.3) is 0 Å². The second-order valence-corrected chi connectivity index (χ2v) is 5.88. The summed E-state index contributed by atoms with van der Waals surface area (Å²) in [5, 5.41) is 19.0. The first-order valence-electron chi connectivity index (χ1n) is 8.03. The van der Waals surface area contributed by atoms with Crippen molar-refractivity contribution in [1.29, 1.82) is 0 Å². The fourth-order valence-corrected chi connectivity index (χ4v) is 2.40. The van der Waals surface area contributed by atoms with E-state index < -0.39 is 0 Å². The number of nitrogens with one attached hydrogen (secondary N) is 3. The van der Waals surface area contributed by atoms with Crippen molar-refractivity contribution in [3.05, 3.63) is 0 Å². The van der Waals surface area contributed by atoms with E-state index in [4.69, 9.17) is 0 Å². The molecule has 0 spiro atoms. The number of hydrogen-bond donors (Lipinski definition) is 4. The third kappa shape index (κ3) is 9.45. The molecule has 0 unspecified atom stereocenters. The summed E-state index contributed by atoms with van der Waals surface area (Å²) < 4.78 is 0. The number of aliphatic hydroxyl groups is 1. The number of guanidine groups is 1. The number of nitrogens with zero attached hydrogens (tertiary/aromatic N) is 1. The first kappa shape index (κ1) is 21.4. The Kier molecular flexibility index (Phi) is 11.6. The molecule has 130 valence electrons. The van der Waals surface area contributed by atoms with Crippen LogP contribution < -0.4 is 16.0 Å². The molecule has 0 heterocycles. The molecule has 1 amide bonds. The first-order chi connectivity index (χ1) is 10.0. The Bertz CT molecular complexity index is 342. The van der Waals surface area contributed by atoms with E-state index in [1.807, 2.05) is 20.8 Å². The highest BCUT2D eigenvalue weighted by Gasteiger charge is 2.19. The average molecular weight is 426 g/mol. The van der Waals surface area contributed by atoms with Gasteiger partial charge in [-0.15, -0.1) is 24.0 Å². The van der Waals surface area contributed by atoms with E-state index in [9.17, 15) is 9.90 Å². The van der Waals surface area contributed by atoms with Gasteiger partial charge < -0.3 is 21.1 Å². The van der Waals surface area contributed by atoms with Gasteiger partial charge in [0.1, 0.15) is 0 Å². The minimum absolute atomic E-state index is 0. The number of hydrogen-bond acceptors (Lipinski definition) is 3. The number of aliphatic hydroxyl groups excluding tert-OH is 1. The SMILES string of the molecule is CCNC(=NCCC(=O)NC(C)C)NC1CCC(O)CC1.I. The van der Waals surface area contributed by atoms with Crippen molar-refractivity contribution < 1.29 is 9.90 Å². The second kappa shape index (κ2) is 11.9. The normalized spacial score (nSPS) is 22.0. The van der Waals surface area contributed by atoms with Crippen LogP contribution >= 0.6 is 24.0 Å². The van der Waals surface area contributed by atoms with Crippen molar-refractivity contribution in [3.63, 3.8) is 0 Å². The predicted octanol–water partition coefficient (Wildman–Crippen LogP) is 1.38. The van der Waals surface area contributed by atoms with E-state index in [0.29, 0.717) is 19.0 Å². The average Bonchev–Trinajstić information content (AvgIpc) is 2.40. The van der Waals surface area contributed by atoms with Gasteiger partial charge in [0.05, 0.1) is 12.6 Å². The number of carbonyl (C=O) groups excluding carboxylic acids is 1. The summed E-state index contributed by atoms with van der Waals surface area (Å²) in [5.74, 6) is 0.793. The molecule has 0 atom stereocenters. The van der Waals surface area contributed by atoms with E-state index in [0.717, 1.165) is 38.2 Å². The Morgan fingerprint density at radius 2 is 1.91 bits per heavy atom. The molecule has 0 radical (unpaired) electrons. The summed E-state index contributed by atoms with van der Waals surface area (Å²) in [7, 11) is 0. The van der Waals surface area contributed by atoms with Gasteiger partial charge in [0.25, 0.3) is 0 Å². The lowest BCUT2D eigenvalue weighted by molar-refractivity contribution is -0.121. The van der Waals surface area contributed by atoms with E-state index in [1.54, 1.807) is 0 Å². The number of rotatable bonds is 6. The number of halogens is 1. The largest absolute Gasteiger partial charge is 0.393 e. The lowest BCUT2D eigenvalue weighted by atomic mass is 9.93. The maximum Gasteiger partial charge on any atom is 0.222 e. The third-order valence-corrected chi connectivity index (χ3v) is 3.44. The van der Waals surface area contributed by atoms with Gasteiger partial charge in [0.2, 0.25) is 5.91 Å². The molecule has 0 saturated heterocycles. The summed E-state index contributed by atoms with van der Waals surface area (Å²) in [6.07, 6.45) is 3.85. The van der Waals surface area contributed by atoms with Gasteiger partial charge >= 0.3 is 0 Å². The van der Waals surface area contributed by atoms with Crippen LogP contribution in [0.3, 0.4) is 0 Å². The number of carbonyl (C=O) groups is 1. The Morgan fingerprint density at radius 1 is 1.27 bits per heavy atom. The van der Waals surface area contributed by atoms with Crippen LogP contribution in [0, 0.1) is 0 Å². The monoisotopic (exact) mass is 426 g/mol. The van der Waals surface area contributed by atoms with Crippen LogP contribution in [0.1, 0.15) is 52.9 Å². The zero-order valence-electron chi connectivity index (χ0n) is 13.9. The van der Waals surface area contributed by atoms with Crippen LogP contribution in [0.2, 0.25) is 0 Å². The van der Waals surface area contributed by atoms with Crippen molar-refractivity contribution in [1.82, 2.24) is 16.0 Å². The van der Waals surface area contributed by atoms with Crippen molar-refractivity contribution in [3.8, 4) is 0 Å². The predicted molar refractivity (Wildman–Crippen MR) is 101 cm³/mol. The van der Waals surface area contributed by atoms with Crippen LogP contribution in [0.5, 0.6) is 0 Å². The van der Waals surface area contributed by atoms with E-state index in [-0.39, 0.29) is 42.0 Å². The molecule has 0 aromatic heterocycles. The first-order valence-corrected chi connectivity index (χ1v) is 8.03. The van der Waals surface area contributed by atoms with Gasteiger partial charge in [-0.05, 0) is 46.5 Å². The van der Waals surface area contributed by atoms with Crippen LogP contribution in [-0.2, 0) is 4.79 Å². The summed E-state index contributed by atoms with van der Waals surface area (Å²) in [5.41, 5.74) is 0. The highest BCUT2D eigenvalue weighted by Crippen LogP contribution is 2.18. The van der Waals surface area contributed by atoms with Gasteiger partial charge in [0.15, 0.2) is 5.96 Å². The van der Waals surface area contributed by atoms with Crippen molar-refractivity contribution in [2.45, 2.75) is 71.1 Å². The molecule has 1 aliphatic rings. The Balaban J connectivity index is 0.00000441. The van der Waals surface area contributed by atoms with Crippen LogP contribution in [-0.4, -0.2) is 48.3 Å². The maximum absolute atomic E-state index is 11.6. The zero-order chi connectivity index (χ0) is 15.7. The van der Waals surface area contributed by atoms with Gasteiger partial charge in [-0.25, -0.2) is 0 Å². The smallest absolute Gasteiger partial charge is 0.222 e. The van der Waals surface area contributed by atoms with E-state index in [1.165, 1.54) is 0 Å². The second-order valence-electron chi connectivity index (χ2n) is 5.88. The molecule has 0 aromatic rings. The highest BCUT2D eigenvalue weighted by molar-refractivity contribution is 14.0. The molecule has 7 heteroatoms. The fourth-order valence-electron chi connectivity index (χ4n) is 2.40. The van der Waals surface area contributed by atoms with Gasteiger partial charge in [0, 0.05) is 25.0 Å². The number of aliphatic imine (C=N–C) groups is 1. The lowest BCUT2D eigenvalue weighted by Gasteiger charge is -2.27. The summed E-state index contributed by atoms with van der Waals surface area (Å²) >= 11 is 0. The molecule has 0 aliphatic heterocycles. The number of amides is 1. The summed E-state index contributed by atoms with van der Waals surface area (Å²) in [6, 6.07) is 0.525. The molecule has 6 nitrogen and oxygen atoms in total. The van der Waals surface area contributed by atoms with Crippen LogP contribution in [0.4, 0.5) is 0 Å². The van der Waals surface area contributed by atoms with Gasteiger partial charge in [-0.1, -0.05) is 0 Å². The minimum Gasteiger partial charge on any atom is -0.393 e. The summed E-state index contributed by atoms with van der Waals surface area (Å²) in [4.78, 5) is 16.0. The van der Waals surface area contributed by atoms with E-state index >= 15 is 0 Å².